The molecule has 16 heavy (non-hydrogen) atoms. The van der Waals surface area contributed by atoms with Crippen molar-refractivity contribution in [1.82, 2.24) is 10.1 Å². The van der Waals surface area contributed by atoms with Crippen LogP contribution in [-0.4, -0.2) is 29.7 Å². The zero-order chi connectivity index (χ0) is 11.4. The van der Waals surface area contributed by atoms with Crippen LogP contribution in [0.1, 0.15) is 31.1 Å². The SMILES string of the molecule is CCN1CCCC(Cc2oncc2CN)C1. The normalized spacial score (nSPS) is 22.5. The lowest BCUT2D eigenvalue weighted by molar-refractivity contribution is 0.175. The summed E-state index contributed by atoms with van der Waals surface area (Å²) in [4.78, 5) is 2.51. The monoisotopic (exact) mass is 223 g/mol. The third-order valence-corrected chi connectivity index (χ3v) is 3.47. The van der Waals surface area contributed by atoms with Crippen molar-refractivity contribution in [2.75, 3.05) is 19.6 Å². The summed E-state index contributed by atoms with van der Waals surface area (Å²) in [7, 11) is 0. The highest BCUT2D eigenvalue weighted by molar-refractivity contribution is 5.13. The van der Waals surface area contributed by atoms with Crippen molar-refractivity contribution in [3.8, 4) is 0 Å². The van der Waals surface area contributed by atoms with Gasteiger partial charge in [0.15, 0.2) is 0 Å². The molecule has 0 aliphatic carbocycles. The van der Waals surface area contributed by atoms with Crippen molar-refractivity contribution >= 4 is 0 Å². The number of hydrogen-bond donors (Lipinski definition) is 1. The van der Waals surface area contributed by atoms with E-state index in [1.807, 2.05) is 0 Å². The van der Waals surface area contributed by atoms with E-state index in [1.165, 1.54) is 25.9 Å². The fourth-order valence-corrected chi connectivity index (χ4v) is 2.49. The topological polar surface area (TPSA) is 55.3 Å². The smallest absolute Gasteiger partial charge is 0.141 e. The van der Waals surface area contributed by atoms with Crippen molar-refractivity contribution in [3.05, 3.63) is 17.5 Å². The van der Waals surface area contributed by atoms with E-state index in [0.29, 0.717) is 12.5 Å². The van der Waals surface area contributed by atoms with Crippen LogP contribution in [0.3, 0.4) is 0 Å². The molecule has 0 spiro atoms. The van der Waals surface area contributed by atoms with Gasteiger partial charge in [0, 0.05) is 25.1 Å². The number of aromatic nitrogens is 1. The number of nitrogens with two attached hydrogens (primary N) is 1. The average Bonchev–Trinajstić information content (AvgIpc) is 2.76. The Morgan fingerprint density at radius 2 is 2.50 bits per heavy atom. The van der Waals surface area contributed by atoms with Crippen LogP contribution in [-0.2, 0) is 13.0 Å². The highest BCUT2D eigenvalue weighted by atomic mass is 16.5. The zero-order valence-corrected chi connectivity index (χ0v) is 9.98. The lowest BCUT2D eigenvalue weighted by Gasteiger charge is -2.31. The molecule has 1 atom stereocenters. The maximum atomic E-state index is 5.64. The van der Waals surface area contributed by atoms with Crippen molar-refractivity contribution in [1.29, 1.82) is 0 Å². The third-order valence-electron chi connectivity index (χ3n) is 3.47. The summed E-state index contributed by atoms with van der Waals surface area (Å²) < 4.78 is 5.28. The lowest BCUT2D eigenvalue weighted by Crippen LogP contribution is -2.36. The molecule has 1 aliphatic heterocycles. The van der Waals surface area contributed by atoms with E-state index in [4.69, 9.17) is 10.3 Å². The maximum Gasteiger partial charge on any atom is 0.141 e. The molecule has 0 radical (unpaired) electrons. The number of rotatable bonds is 4. The fourth-order valence-electron chi connectivity index (χ4n) is 2.49. The zero-order valence-electron chi connectivity index (χ0n) is 9.98. The molecular weight excluding hydrogens is 202 g/mol. The number of nitrogens with zero attached hydrogens (tertiary/aromatic N) is 2. The van der Waals surface area contributed by atoms with Crippen molar-refractivity contribution in [2.45, 2.75) is 32.7 Å². The van der Waals surface area contributed by atoms with Gasteiger partial charge in [-0.25, -0.2) is 0 Å². The van der Waals surface area contributed by atoms with Crippen LogP contribution in [0, 0.1) is 5.92 Å². The molecule has 4 heteroatoms. The van der Waals surface area contributed by atoms with E-state index in [1.54, 1.807) is 6.20 Å². The molecule has 4 nitrogen and oxygen atoms in total. The summed E-state index contributed by atoms with van der Waals surface area (Å²) in [6, 6.07) is 0. The Hall–Kier alpha value is -0.870. The first-order valence-electron chi connectivity index (χ1n) is 6.18. The average molecular weight is 223 g/mol. The minimum absolute atomic E-state index is 0.531. The van der Waals surface area contributed by atoms with Crippen molar-refractivity contribution in [2.24, 2.45) is 11.7 Å². The van der Waals surface area contributed by atoms with E-state index in [0.717, 1.165) is 24.3 Å². The van der Waals surface area contributed by atoms with Gasteiger partial charge in [0.1, 0.15) is 5.76 Å². The summed E-state index contributed by atoms with van der Waals surface area (Å²) >= 11 is 0. The van der Waals surface area contributed by atoms with Gasteiger partial charge in [-0.15, -0.1) is 0 Å². The Kier molecular flexibility index (Phi) is 3.96. The largest absolute Gasteiger partial charge is 0.361 e. The molecule has 1 aromatic rings. The van der Waals surface area contributed by atoms with Gasteiger partial charge < -0.3 is 15.2 Å². The third kappa shape index (κ3) is 2.62. The Morgan fingerprint density at radius 3 is 3.25 bits per heavy atom. The first kappa shape index (κ1) is 11.6. The van der Waals surface area contributed by atoms with Gasteiger partial charge in [0.2, 0.25) is 0 Å². The van der Waals surface area contributed by atoms with Gasteiger partial charge >= 0.3 is 0 Å². The van der Waals surface area contributed by atoms with Crippen molar-refractivity contribution in [3.63, 3.8) is 0 Å². The number of piperidine rings is 1. The van der Waals surface area contributed by atoms with Crippen LogP contribution in [0.4, 0.5) is 0 Å². The van der Waals surface area contributed by atoms with E-state index in [2.05, 4.69) is 17.0 Å². The van der Waals surface area contributed by atoms with Crippen LogP contribution < -0.4 is 5.73 Å². The highest BCUT2D eigenvalue weighted by Crippen LogP contribution is 2.22. The van der Waals surface area contributed by atoms with E-state index in [9.17, 15) is 0 Å². The van der Waals surface area contributed by atoms with Gasteiger partial charge in [-0.05, 0) is 31.8 Å². The summed E-state index contributed by atoms with van der Waals surface area (Å²) in [5.41, 5.74) is 6.71. The van der Waals surface area contributed by atoms with Gasteiger partial charge in [-0.3, -0.25) is 0 Å². The molecule has 0 bridgehead atoms. The predicted molar refractivity (Wildman–Crippen MR) is 62.9 cm³/mol. The second-order valence-corrected chi connectivity index (χ2v) is 4.58. The summed E-state index contributed by atoms with van der Waals surface area (Å²) in [5.74, 6) is 1.69. The molecule has 90 valence electrons. The van der Waals surface area contributed by atoms with Gasteiger partial charge in [-0.2, -0.15) is 0 Å². The second-order valence-electron chi connectivity index (χ2n) is 4.58. The Bertz CT molecular complexity index is 324. The number of likely N-dealkylation sites (tertiary alicyclic amines) is 1. The Labute approximate surface area is 96.8 Å². The predicted octanol–water partition coefficient (Wildman–Crippen LogP) is 1.41. The maximum absolute atomic E-state index is 5.64. The van der Waals surface area contributed by atoms with E-state index in [-0.39, 0.29) is 0 Å². The van der Waals surface area contributed by atoms with Gasteiger partial charge in [0.25, 0.3) is 0 Å². The van der Waals surface area contributed by atoms with Crippen LogP contribution in [0.25, 0.3) is 0 Å². The molecule has 2 heterocycles. The molecule has 2 N–H and O–H groups in total. The minimum Gasteiger partial charge on any atom is -0.361 e. The molecule has 1 aromatic heterocycles. The Morgan fingerprint density at radius 1 is 1.62 bits per heavy atom. The van der Waals surface area contributed by atoms with E-state index < -0.39 is 0 Å². The van der Waals surface area contributed by atoms with Gasteiger partial charge in [0.05, 0.1) is 6.20 Å². The molecule has 0 aromatic carbocycles. The summed E-state index contributed by atoms with van der Waals surface area (Å²) in [6.07, 6.45) is 5.32. The molecule has 1 unspecified atom stereocenters. The summed E-state index contributed by atoms with van der Waals surface area (Å²) in [6.45, 7) is 6.33. The van der Waals surface area contributed by atoms with E-state index >= 15 is 0 Å². The second kappa shape index (κ2) is 5.46. The minimum atomic E-state index is 0.531. The lowest BCUT2D eigenvalue weighted by atomic mass is 9.93. The molecule has 1 fully saturated rings. The fraction of sp³-hybridized carbons (Fsp3) is 0.750. The molecule has 2 rings (SSSR count). The van der Waals surface area contributed by atoms with Crippen LogP contribution in [0.5, 0.6) is 0 Å². The molecule has 0 saturated carbocycles. The molecule has 1 aliphatic rings. The van der Waals surface area contributed by atoms with Crippen LogP contribution >= 0.6 is 0 Å². The highest BCUT2D eigenvalue weighted by Gasteiger charge is 2.21. The van der Waals surface area contributed by atoms with Crippen LogP contribution in [0.2, 0.25) is 0 Å². The molecular formula is C12H21N3O. The molecule has 0 amide bonds. The first-order valence-corrected chi connectivity index (χ1v) is 6.18. The molecule has 1 saturated heterocycles. The summed E-state index contributed by atoms with van der Waals surface area (Å²) in [5, 5.41) is 3.83. The quantitative estimate of drug-likeness (QED) is 0.838. The van der Waals surface area contributed by atoms with Crippen molar-refractivity contribution < 1.29 is 4.52 Å². The van der Waals surface area contributed by atoms with Gasteiger partial charge in [-0.1, -0.05) is 12.1 Å². The number of hydrogen-bond acceptors (Lipinski definition) is 4. The first-order chi connectivity index (χ1) is 7.83. The standard InChI is InChI=1S/C12H21N3O/c1-2-15-5-3-4-10(9-15)6-12-11(7-13)8-14-16-12/h8,10H,2-7,9,13H2,1H3. The Balaban J connectivity index is 1.93. The van der Waals surface area contributed by atoms with Crippen LogP contribution in [0.15, 0.2) is 10.7 Å².